The second-order valence-corrected chi connectivity index (χ2v) is 5.54. The van der Waals surface area contributed by atoms with Crippen molar-refractivity contribution in [2.45, 2.75) is 19.4 Å². The Morgan fingerprint density at radius 2 is 1.95 bits per heavy atom. The molecule has 1 heterocycles. The smallest absolute Gasteiger partial charge is 0.279 e. The first kappa shape index (κ1) is 16.0. The molecular weight excluding hydrogens is 307 g/mol. The summed E-state index contributed by atoms with van der Waals surface area (Å²) in [6.45, 7) is 1.53. The number of hydrogen-bond donors (Lipinski definition) is 2. The van der Waals surface area contributed by atoms with Gasteiger partial charge >= 0.3 is 0 Å². The van der Waals surface area contributed by atoms with E-state index in [1.807, 2.05) is 17.5 Å². The molecule has 2 aromatic rings. The largest absolute Gasteiger partial charge is 0.481 e. The fraction of sp³-hybridized carbons (Fsp3) is 0.200. The highest BCUT2D eigenvalue weighted by atomic mass is 32.1. The van der Waals surface area contributed by atoms with Crippen LogP contribution in [0.2, 0.25) is 0 Å². The van der Waals surface area contributed by atoms with Crippen LogP contribution in [0.25, 0.3) is 0 Å². The maximum atomic E-state index is 12.8. The Bertz CT molecular complexity index is 629. The molecule has 1 unspecified atom stereocenters. The molecule has 0 bridgehead atoms. The molecule has 2 amide bonds. The zero-order valence-electron chi connectivity index (χ0n) is 11.8. The first-order valence-corrected chi connectivity index (χ1v) is 7.46. The monoisotopic (exact) mass is 322 g/mol. The number of carbonyl (C=O) groups is 2. The van der Waals surface area contributed by atoms with E-state index in [1.54, 1.807) is 0 Å². The molecule has 22 heavy (non-hydrogen) atoms. The molecule has 0 aliphatic heterocycles. The zero-order valence-corrected chi connectivity index (χ0v) is 12.7. The topological polar surface area (TPSA) is 67.4 Å². The van der Waals surface area contributed by atoms with Gasteiger partial charge in [-0.25, -0.2) is 4.39 Å². The number of amides is 2. The van der Waals surface area contributed by atoms with Crippen LogP contribution in [0.3, 0.4) is 0 Å². The number of halogens is 1. The molecule has 0 aliphatic carbocycles. The Morgan fingerprint density at radius 3 is 2.59 bits per heavy atom. The summed E-state index contributed by atoms with van der Waals surface area (Å²) in [6.07, 6.45) is -0.627. The molecular formula is C15H15FN2O3S. The number of hydrazine groups is 1. The number of benzene rings is 1. The lowest BCUT2D eigenvalue weighted by atomic mass is 10.3. The van der Waals surface area contributed by atoms with Crippen molar-refractivity contribution < 1.29 is 18.7 Å². The summed E-state index contributed by atoms with van der Waals surface area (Å²) in [5.41, 5.74) is 4.62. The number of carbonyl (C=O) groups excluding carboxylic acids is 2. The van der Waals surface area contributed by atoms with Gasteiger partial charge in [0.2, 0.25) is 5.91 Å². The predicted octanol–water partition coefficient (Wildman–Crippen LogP) is 2.04. The van der Waals surface area contributed by atoms with Crippen LogP contribution in [0.4, 0.5) is 4.39 Å². The lowest BCUT2D eigenvalue weighted by Crippen LogP contribution is -2.47. The SMILES string of the molecule is CC(Oc1ccc(F)cc1)C(=O)NNC(=O)Cc1cccs1. The Hall–Kier alpha value is -2.41. The highest BCUT2D eigenvalue weighted by Crippen LogP contribution is 2.13. The second-order valence-electron chi connectivity index (χ2n) is 4.51. The summed E-state index contributed by atoms with van der Waals surface area (Å²) >= 11 is 1.47. The van der Waals surface area contributed by atoms with Crippen molar-refractivity contribution in [2.75, 3.05) is 0 Å². The molecule has 0 saturated carbocycles. The highest BCUT2D eigenvalue weighted by Gasteiger charge is 2.15. The van der Waals surface area contributed by atoms with Gasteiger partial charge in [-0.05, 0) is 42.6 Å². The van der Waals surface area contributed by atoms with E-state index in [4.69, 9.17) is 4.74 Å². The quantitative estimate of drug-likeness (QED) is 0.828. The molecule has 5 nitrogen and oxygen atoms in total. The summed E-state index contributed by atoms with van der Waals surface area (Å²) in [7, 11) is 0. The maximum Gasteiger partial charge on any atom is 0.279 e. The standard InChI is InChI=1S/C15H15FN2O3S/c1-10(21-12-6-4-11(16)5-7-12)15(20)18-17-14(19)9-13-3-2-8-22-13/h2-8,10H,9H2,1H3,(H,17,19)(H,18,20). The van der Waals surface area contributed by atoms with Gasteiger partial charge in [0.05, 0.1) is 6.42 Å². The summed E-state index contributed by atoms with van der Waals surface area (Å²) in [4.78, 5) is 24.3. The Kier molecular flexibility index (Phi) is 5.48. The third kappa shape index (κ3) is 4.85. The lowest BCUT2D eigenvalue weighted by Gasteiger charge is -2.15. The van der Waals surface area contributed by atoms with Crippen LogP contribution in [-0.4, -0.2) is 17.9 Å². The fourth-order valence-electron chi connectivity index (χ4n) is 1.62. The van der Waals surface area contributed by atoms with E-state index in [-0.39, 0.29) is 18.1 Å². The summed E-state index contributed by atoms with van der Waals surface area (Å²) < 4.78 is 18.1. The predicted molar refractivity (Wildman–Crippen MR) is 80.8 cm³/mol. The van der Waals surface area contributed by atoms with Crippen LogP contribution in [0.5, 0.6) is 5.75 Å². The Labute approximate surface area is 131 Å². The Balaban J connectivity index is 1.76. The van der Waals surface area contributed by atoms with E-state index in [9.17, 15) is 14.0 Å². The van der Waals surface area contributed by atoms with Gasteiger partial charge in [-0.15, -0.1) is 11.3 Å². The molecule has 2 N–H and O–H groups in total. The number of ether oxygens (including phenoxy) is 1. The minimum absolute atomic E-state index is 0.200. The summed E-state index contributed by atoms with van der Waals surface area (Å²) in [5.74, 6) is -0.826. The van der Waals surface area contributed by atoms with Gasteiger partial charge in [0.1, 0.15) is 11.6 Å². The fourth-order valence-corrected chi connectivity index (χ4v) is 2.32. The van der Waals surface area contributed by atoms with E-state index in [2.05, 4.69) is 10.9 Å². The maximum absolute atomic E-state index is 12.8. The van der Waals surface area contributed by atoms with Gasteiger partial charge < -0.3 is 4.74 Å². The van der Waals surface area contributed by atoms with Gasteiger partial charge in [0.25, 0.3) is 5.91 Å². The number of thiophene rings is 1. The molecule has 7 heteroatoms. The van der Waals surface area contributed by atoms with Crippen molar-refractivity contribution in [3.63, 3.8) is 0 Å². The third-order valence-corrected chi connectivity index (χ3v) is 3.61. The number of nitrogens with one attached hydrogen (secondary N) is 2. The molecule has 0 aliphatic rings. The van der Waals surface area contributed by atoms with E-state index in [0.717, 1.165) is 4.88 Å². The average Bonchev–Trinajstić information content (AvgIpc) is 3.00. The first-order valence-electron chi connectivity index (χ1n) is 6.58. The van der Waals surface area contributed by atoms with Crippen molar-refractivity contribution in [3.05, 3.63) is 52.5 Å². The molecule has 2 rings (SSSR count). The average molecular weight is 322 g/mol. The lowest BCUT2D eigenvalue weighted by molar-refractivity contribution is -0.132. The van der Waals surface area contributed by atoms with Gasteiger partial charge in [0, 0.05) is 4.88 Å². The van der Waals surface area contributed by atoms with Gasteiger partial charge in [-0.2, -0.15) is 0 Å². The van der Waals surface area contributed by atoms with E-state index < -0.39 is 12.0 Å². The van der Waals surface area contributed by atoms with Gasteiger partial charge in [0.15, 0.2) is 6.10 Å². The van der Waals surface area contributed by atoms with Gasteiger partial charge in [-0.1, -0.05) is 6.07 Å². The van der Waals surface area contributed by atoms with Crippen molar-refractivity contribution in [1.82, 2.24) is 10.9 Å². The van der Waals surface area contributed by atoms with Crippen molar-refractivity contribution in [3.8, 4) is 5.75 Å². The van der Waals surface area contributed by atoms with E-state index in [0.29, 0.717) is 5.75 Å². The molecule has 1 atom stereocenters. The van der Waals surface area contributed by atoms with Crippen molar-refractivity contribution in [2.24, 2.45) is 0 Å². The minimum Gasteiger partial charge on any atom is -0.481 e. The molecule has 0 spiro atoms. The van der Waals surface area contributed by atoms with Crippen LogP contribution >= 0.6 is 11.3 Å². The zero-order chi connectivity index (χ0) is 15.9. The molecule has 1 aromatic heterocycles. The Morgan fingerprint density at radius 1 is 1.23 bits per heavy atom. The normalized spacial score (nSPS) is 11.5. The van der Waals surface area contributed by atoms with E-state index in [1.165, 1.54) is 42.5 Å². The minimum atomic E-state index is -0.826. The van der Waals surface area contributed by atoms with Crippen LogP contribution in [0.1, 0.15) is 11.8 Å². The molecule has 0 fully saturated rings. The summed E-state index contributed by atoms with van der Waals surface area (Å²) in [6, 6.07) is 9.02. The number of rotatable bonds is 5. The van der Waals surface area contributed by atoms with Crippen molar-refractivity contribution >= 4 is 23.2 Å². The molecule has 0 radical (unpaired) electrons. The van der Waals surface area contributed by atoms with Crippen LogP contribution < -0.4 is 15.6 Å². The van der Waals surface area contributed by atoms with Crippen LogP contribution in [0, 0.1) is 5.82 Å². The molecule has 116 valence electrons. The molecule has 0 saturated heterocycles. The van der Waals surface area contributed by atoms with Crippen LogP contribution in [-0.2, 0) is 16.0 Å². The second kappa shape index (κ2) is 7.56. The van der Waals surface area contributed by atoms with E-state index >= 15 is 0 Å². The first-order chi connectivity index (χ1) is 10.5. The third-order valence-electron chi connectivity index (χ3n) is 2.74. The van der Waals surface area contributed by atoms with Gasteiger partial charge in [-0.3, -0.25) is 20.4 Å². The summed E-state index contributed by atoms with van der Waals surface area (Å²) in [5, 5.41) is 1.87. The molecule has 1 aromatic carbocycles. The van der Waals surface area contributed by atoms with Crippen LogP contribution in [0.15, 0.2) is 41.8 Å². The van der Waals surface area contributed by atoms with Crippen molar-refractivity contribution in [1.29, 1.82) is 0 Å². The highest BCUT2D eigenvalue weighted by molar-refractivity contribution is 7.10. The number of hydrogen-bond acceptors (Lipinski definition) is 4.